The van der Waals surface area contributed by atoms with Crippen LogP contribution in [0.25, 0.3) is 0 Å². The predicted octanol–water partition coefficient (Wildman–Crippen LogP) is 4.08. The number of methoxy groups -OCH3 is 1. The van der Waals surface area contributed by atoms with Gasteiger partial charge < -0.3 is 15.0 Å². The largest absolute Gasteiger partial charge is 0.497 e. The van der Waals surface area contributed by atoms with Crippen LogP contribution in [0.2, 0.25) is 0 Å². The van der Waals surface area contributed by atoms with Crippen LogP contribution in [-0.2, 0) is 26.2 Å². The van der Waals surface area contributed by atoms with Crippen molar-refractivity contribution in [3.8, 4) is 5.75 Å². The maximum Gasteiger partial charge on any atom is 0.264 e. The number of para-hydroxylation sites is 1. The normalized spacial score (nSPS) is 12.0. The lowest BCUT2D eigenvalue weighted by Crippen LogP contribution is -2.51. The molecular formula is C29H35N3O5S. The quantitative estimate of drug-likeness (QED) is 0.376. The van der Waals surface area contributed by atoms with Gasteiger partial charge in [-0.3, -0.25) is 13.9 Å². The van der Waals surface area contributed by atoms with E-state index >= 15 is 0 Å². The predicted molar refractivity (Wildman–Crippen MR) is 148 cm³/mol. The van der Waals surface area contributed by atoms with E-state index in [0.29, 0.717) is 18.0 Å². The number of carbonyl (C=O) groups excluding carboxylic acids is 2. The number of rotatable bonds is 12. The second kappa shape index (κ2) is 13.1. The topological polar surface area (TPSA) is 96.0 Å². The van der Waals surface area contributed by atoms with Crippen molar-refractivity contribution in [1.29, 1.82) is 0 Å². The molecule has 3 aromatic rings. The van der Waals surface area contributed by atoms with E-state index in [-0.39, 0.29) is 23.3 Å². The third kappa shape index (κ3) is 7.35. The van der Waals surface area contributed by atoms with Crippen LogP contribution in [0.5, 0.6) is 5.75 Å². The van der Waals surface area contributed by atoms with Crippen LogP contribution >= 0.6 is 0 Å². The van der Waals surface area contributed by atoms with Gasteiger partial charge in [0.25, 0.3) is 10.0 Å². The first-order chi connectivity index (χ1) is 18.1. The van der Waals surface area contributed by atoms with Crippen LogP contribution in [0, 0.1) is 5.92 Å². The number of nitrogens with zero attached hydrogens (tertiary/aromatic N) is 2. The summed E-state index contributed by atoms with van der Waals surface area (Å²) in [6.45, 7) is 5.73. The lowest BCUT2D eigenvalue weighted by atomic mass is 10.1. The fraction of sp³-hybridized carbons (Fsp3) is 0.310. The molecule has 0 saturated heterocycles. The van der Waals surface area contributed by atoms with E-state index in [1.807, 2.05) is 26.0 Å². The standard InChI is InChI=1S/C29H35N3O5S/c1-22(2)19-30-29(34)23(3)31(20-24-15-17-26(37-4)18-16-24)28(33)21-32(25-11-7-5-8-12-25)38(35,36)27-13-9-6-10-14-27/h5-18,22-23H,19-21H2,1-4H3,(H,30,34)/t23-/m0/s1. The number of hydrogen-bond acceptors (Lipinski definition) is 5. The summed E-state index contributed by atoms with van der Waals surface area (Å²) in [7, 11) is -2.50. The second-order valence-electron chi connectivity index (χ2n) is 9.34. The summed E-state index contributed by atoms with van der Waals surface area (Å²) in [6.07, 6.45) is 0. The van der Waals surface area contributed by atoms with E-state index in [9.17, 15) is 18.0 Å². The Hall–Kier alpha value is -3.85. The summed E-state index contributed by atoms with van der Waals surface area (Å²) in [5.74, 6) is 0.0918. The van der Waals surface area contributed by atoms with Crippen LogP contribution in [0.1, 0.15) is 26.3 Å². The Morgan fingerprint density at radius 1 is 0.868 bits per heavy atom. The van der Waals surface area contributed by atoms with E-state index in [1.54, 1.807) is 74.7 Å². The van der Waals surface area contributed by atoms with Gasteiger partial charge in [-0.15, -0.1) is 0 Å². The van der Waals surface area contributed by atoms with Crippen molar-refractivity contribution in [1.82, 2.24) is 10.2 Å². The number of ether oxygens (including phenoxy) is 1. The van der Waals surface area contributed by atoms with Gasteiger partial charge in [0, 0.05) is 13.1 Å². The Kier molecular flexibility index (Phi) is 9.90. The van der Waals surface area contributed by atoms with Gasteiger partial charge in [0.1, 0.15) is 18.3 Å². The lowest BCUT2D eigenvalue weighted by molar-refractivity contribution is -0.139. The Morgan fingerprint density at radius 2 is 1.45 bits per heavy atom. The Labute approximate surface area is 225 Å². The highest BCUT2D eigenvalue weighted by atomic mass is 32.2. The van der Waals surface area contributed by atoms with Gasteiger partial charge in [-0.05, 0) is 54.8 Å². The maximum absolute atomic E-state index is 13.8. The van der Waals surface area contributed by atoms with Gasteiger partial charge >= 0.3 is 0 Å². The minimum absolute atomic E-state index is 0.0704. The van der Waals surface area contributed by atoms with E-state index in [4.69, 9.17) is 4.74 Å². The molecule has 0 heterocycles. The maximum atomic E-state index is 13.8. The zero-order valence-electron chi connectivity index (χ0n) is 22.2. The summed E-state index contributed by atoms with van der Waals surface area (Å²) in [4.78, 5) is 28.3. The van der Waals surface area contributed by atoms with Crippen molar-refractivity contribution in [3.05, 3.63) is 90.5 Å². The van der Waals surface area contributed by atoms with Gasteiger partial charge in [0.05, 0.1) is 17.7 Å². The first-order valence-electron chi connectivity index (χ1n) is 12.5. The minimum atomic E-state index is -4.06. The van der Waals surface area contributed by atoms with E-state index < -0.39 is 28.5 Å². The molecule has 0 aliphatic rings. The van der Waals surface area contributed by atoms with E-state index in [2.05, 4.69) is 5.32 Å². The number of amides is 2. The van der Waals surface area contributed by atoms with Gasteiger partial charge in [0.15, 0.2) is 0 Å². The molecule has 9 heteroatoms. The van der Waals surface area contributed by atoms with Crippen LogP contribution in [-0.4, -0.2) is 51.4 Å². The van der Waals surface area contributed by atoms with Gasteiger partial charge in [-0.2, -0.15) is 0 Å². The first kappa shape index (κ1) is 28.7. The zero-order valence-corrected chi connectivity index (χ0v) is 23.0. The molecule has 0 aliphatic heterocycles. The monoisotopic (exact) mass is 537 g/mol. The number of anilines is 1. The van der Waals surface area contributed by atoms with Gasteiger partial charge in [-0.25, -0.2) is 8.42 Å². The van der Waals surface area contributed by atoms with Crippen LogP contribution in [0.3, 0.4) is 0 Å². The molecule has 3 rings (SSSR count). The summed E-state index contributed by atoms with van der Waals surface area (Å²) in [6, 6.07) is 22.8. The van der Waals surface area contributed by atoms with Crippen molar-refractivity contribution in [2.24, 2.45) is 5.92 Å². The van der Waals surface area contributed by atoms with Crippen LogP contribution in [0.4, 0.5) is 5.69 Å². The van der Waals surface area contributed by atoms with Crippen molar-refractivity contribution in [2.75, 3.05) is 24.5 Å². The third-order valence-corrected chi connectivity index (χ3v) is 7.81. The highest BCUT2D eigenvalue weighted by molar-refractivity contribution is 7.92. The molecule has 3 aromatic carbocycles. The fourth-order valence-corrected chi connectivity index (χ4v) is 5.24. The summed E-state index contributed by atoms with van der Waals surface area (Å²) in [5.41, 5.74) is 1.13. The zero-order chi connectivity index (χ0) is 27.7. The van der Waals surface area contributed by atoms with Crippen molar-refractivity contribution < 1.29 is 22.7 Å². The lowest BCUT2D eigenvalue weighted by Gasteiger charge is -2.32. The molecule has 0 fully saturated rings. The number of nitrogens with one attached hydrogen (secondary N) is 1. The molecule has 0 bridgehead atoms. The second-order valence-corrected chi connectivity index (χ2v) is 11.2. The summed E-state index contributed by atoms with van der Waals surface area (Å²) >= 11 is 0. The van der Waals surface area contributed by atoms with Crippen molar-refractivity contribution in [3.63, 3.8) is 0 Å². The molecule has 1 atom stereocenters. The highest BCUT2D eigenvalue weighted by Gasteiger charge is 2.32. The first-order valence-corrected chi connectivity index (χ1v) is 13.9. The summed E-state index contributed by atoms with van der Waals surface area (Å²) in [5, 5.41) is 2.88. The summed E-state index contributed by atoms with van der Waals surface area (Å²) < 4.78 is 33.6. The molecule has 0 saturated carbocycles. The number of sulfonamides is 1. The molecule has 0 unspecified atom stereocenters. The molecule has 202 valence electrons. The van der Waals surface area contributed by atoms with Crippen molar-refractivity contribution >= 4 is 27.5 Å². The Bertz CT molecular complexity index is 1300. The van der Waals surface area contributed by atoms with Crippen molar-refractivity contribution in [2.45, 2.75) is 38.3 Å². The van der Waals surface area contributed by atoms with E-state index in [1.165, 1.54) is 17.0 Å². The molecule has 0 spiro atoms. The molecule has 0 aromatic heterocycles. The smallest absolute Gasteiger partial charge is 0.264 e. The molecule has 38 heavy (non-hydrogen) atoms. The SMILES string of the molecule is COc1ccc(CN(C(=O)CN(c2ccccc2)S(=O)(=O)c2ccccc2)[C@@H](C)C(=O)NCC(C)C)cc1. The van der Waals surface area contributed by atoms with E-state index in [0.717, 1.165) is 9.87 Å². The highest BCUT2D eigenvalue weighted by Crippen LogP contribution is 2.24. The molecule has 0 radical (unpaired) electrons. The Morgan fingerprint density at radius 3 is 2.00 bits per heavy atom. The fourth-order valence-electron chi connectivity index (χ4n) is 3.81. The molecular weight excluding hydrogens is 502 g/mol. The van der Waals surface area contributed by atoms with Crippen LogP contribution in [0.15, 0.2) is 89.8 Å². The van der Waals surface area contributed by atoms with Crippen LogP contribution < -0.4 is 14.4 Å². The molecule has 2 amide bonds. The number of hydrogen-bond donors (Lipinski definition) is 1. The van der Waals surface area contributed by atoms with Gasteiger partial charge in [0.2, 0.25) is 11.8 Å². The molecule has 1 N–H and O–H groups in total. The number of benzene rings is 3. The number of carbonyl (C=O) groups is 2. The Balaban J connectivity index is 1.96. The third-order valence-electron chi connectivity index (χ3n) is 6.02. The average molecular weight is 538 g/mol. The molecule has 8 nitrogen and oxygen atoms in total. The van der Waals surface area contributed by atoms with Gasteiger partial charge in [-0.1, -0.05) is 62.4 Å². The average Bonchev–Trinajstić information content (AvgIpc) is 2.94. The minimum Gasteiger partial charge on any atom is -0.497 e. The molecule has 0 aliphatic carbocycles.